The summed E-state index contributed by atoms with van der Waals surface area (Å²) in [6, 6.07) is 0. The Hall–Kier alpha value is -0.0400. The van der Waals surface area contributed by atoms with Gasteiger partial charge in [-0.2, -0.15) is 0 Å². The van der Waals surface area contributed by atoms with Gasteiger partial charge < -0.3 is 5.11 Å². The molecular weight excluding hydrogens is 244 g/mol. The number of unbranched alkanes of at least 4 members (excludes halogenated alkanes) is 6. The summed E-state index contributed by atoms with van der Waals surface area (Å²) < 4.78 is 0. The standard InChI is InChI=1S/C19H40O/c1-4-5-13-18(2)15-12-16-19(3)14-10-8-6-7-9-11-17-20/h18-20H,4-17H2,1-3H3/t18-,19-/m0/s1. The van der Waals surface area contributed by atoms with Crippen molar-refractivity contribution in [3.8, 4) is 0 Å². The fourth-order valence-corrected chi connectivity index (χ4v) is 2.97. The largest absolute Gasteiger partial charge is 0.396 e. The van der Waals surface area contributed by atoms with Crippen molar-refractivity contribution in [1.82, 2.24) is 0 Å². The Morgan fingerprint density at radius 3 is 1.60 bits per heavy atom. The number of hydrogen-bond donors (Lipinski definition) is 1. The van der Waals surface area contributed by atoms with Crippen LogP contribution in [0.2, 0.25) is 0 Å². The van der Waals surface area contributed by atoms with Gasteiger partial charge in [-0.3, -0.25) is 0 Å². The minimum absolute atomic E-state index is 0.369. The molecule has 0 amide bonds. The molecule has 0 aromatic rings. The molecule has 0 rings (SSSR count). The van der Waals surface area contributed by atoms with E-state index in [9.17, 15) is 0 Å². The van der Waals surface area contributed by atoms with Crippen LogP contribution in [0.5, 0.6) is 0 Å². The maximum Gasteiger partial charge on any atom is 0.0431 e. The van der Waals surface area contributed by atoms with Crippen LogP contribution in [0.25, 0.3) is 0 Å². The lowest BCUT2D eigenvalue weighted by atomic mass is 9.92. The zero-order chi connectivity index (χ0) is 15.1. The van der Waals surface area contributed by atoms with Crippen molar-refractivity contribution in [3.63, 3.8) is 0 Å². The van der Waals surface area contributed by atoms with Gasteiger partial charge in [-0.15, -0.1) is 0 Å². The van der Waals surface area contributed by atoms with Crippen LogP contribution in [0.4, 0.5) is 0 Å². The Balaban J connectivity index is 3.26. The molecule has 1 nitrogen and oxygen atoms in total. The first-order chi connectivity index (χ1) is 9.70. The molecular formula is C19H40O. The van der Waals surface area contributed by atoms with E-state index in [0.29, 0.717) is 6.61 Å². The third kappa shape index (κ3) is 14.4. The van der Waals surface area contributed by atoms with E-state index in [4.69, 9.17) is 5.11 Å². The number of rotatable bonds is 15. The van der Waals surface area contributed by atoms with E-state index in [1.807, 2.05) is 0 Å². The Kier molecular flexibility index (Phi) is 15.3. The van der Waals surface area contributed by atoms with E-state index in [0.717, 1.165) is 18.3 Å². The number of aliphatic hydroxyl groups excluding tert-OH is 1. The predicted octanol–water partition coefficient (Wildman–Crippen LogP) is 6.34. The Labute approximate surface area is 128 Å². The van der Waals surface area contributed by atoms with E-state index in [1.165, 1.54) is 77.0 Å². The minimum Gasteiger partial charge on any atom is -0.396 e. The van der Waals surface area contributed by atoms with Crippen LogP contribution in [-0.4, -0.2) is 11.7 Å². The Bertz CT molecular complexity index is 179. The highest BCUT2D eigenvalue weighted by Crippen LogP contribution is 2.20. The molecule has 0 aliphatic carbocycles. The van der Waals surface area contributed by atoms with Gasteiger partial charge in [0.05, 0.1) is 0 Å². The highest BCUT2D eigenvalue weighted by Gasteiger charge is 2.05. The Morgan fingerprint density at radius 2 is 1.05 bits per heavy atom. The van der Waals surface area contributed by atoms with E-state index in [-0.39, 0.29) is 0 Å². The topological polar surface area (TPSA) is 20.2 Å². The summed E-state index contributed by atoms with van der Waals surface area (Å²) >= 11 is 0. The van der Waals surface area contributed by atoms with Crippen LogP contribution < -0.4 is 0 Å². The third-order valence-corrected chi connectivity index (χ3v) is 4.55. The molecule has 0 aromatic carbocycles. The molecule has 0 fully saturated rings. The Morgan fingerprint density at radius 1 is 0.600 bits per heavy atom. The fraction of sp³-hybridized carbons (Fsp3) is 1.00. The molecule has 2 atom stereocenters. The lowest BCUT2D eigenvalue weighted by molar-refractivity contribution is 0.282. The average Bonchev–Trinajstić information content (AvgIpc) is 2.44. The molecule has 0 saturated heterocycles. The second-order valence-corrected chi connectivity index (χ2v) is 6.92. The molecule has 0 aliphatic heterocycles. The van der Waals surface area contributed by atoms with E-state index in [2.05, 4.69) is 20.8 Å². The summed E-state index contributed by atoms with van der Waals surface area (Å²) in [7, 11) is 0. The van der Waals surface area contributed by atoms with Crippen LogP contribution in [0, 0.1) is 11.8 Å². The first kappa shape index (κ1) is 20.0. The minimum atomic E-state index is 0.369. The summed E-state index contributed by atoms with van der Waals surface area (Å²) in [6.45, 7) is 7.52. The van der Waals surface area contributed by atoms with Crippen molar-refractivity contribution in [1.29, 1.82) is 0 Å². The molecule has 0 unspecified atom stereocenters. The highest BCUT2D eigenvalue weighted by molar-refractivity contribution is 4.58. The SMILES string of the molecule is CCCC[C@H](C)CCC[C@@H](C)CCCCCCCCO. The zero-order valence-electron chi connectivity index (χ0n) is 14.5. The van der Waals surface area contributed by atoms with Gasteiger partial charge in [0.25, 0.3) is 0 Å². The molecule has 0 spiro atoms. The summed E-state index contributed by atoms with van der Waals surface area (Å²) in [5.74, 6) is 1.86. The summed E-state index contributed by atoms with van der Waals surface area (Å²) in [5.41, 5.74) is 0. The van der Waals surface area contributed by atoms with Gasteiger partial charge in [0, 0.05) is 6.61 Å². The van der Waals surface area contributed by atoms with Gasteiger partial charge in [0.1, 0.15) is 0 Å². The molecule has 1 heteroatoms. The van der Waals surface area contributed by atoms with Crippen LogP contribution in [0.3, 0.4) is 0 Å². The monoisotopic (exact) mass is 284 g/mol. The lowest BCUT2D eigenvalue weighted by Gasteiger charge is -2.14. The van der Waals surface area contributed by atoms with Gasteiger partial charge in [-0.25, -0.2) is 0 Å². The maximum atomic E-state index is 8.71. The van der Waals surface area contributed by atoms with E-state index < -0.39 is 0 Å². The molecule has 122 valence electrons. The maximum absolute atomic E-state index is 8.71. The molecule has 0 aromatic heterocycles. The summed E-state index contributed by atoms with van der Waals surface area (Å²) in [6.07, 6.45) is 17.6. The number of hydrogen-bond acceptors (Lipinski definition) is 1. The van der Waals surface area contributed by atoms with Gasteiger partial charge in [0.15, 0.2) is 0 Å². The average molecular weight is 285 g/mol. The number of aliphatic hydroxyl groups is 1. The van der Waals surface area contributed by atoms with Crippen molar-refractivity contribution >= 4 is 0 Å². The van der Waals surface area contributed by atoms with Crippen molar-refractivity contribution in [3.05, 3.63) is 0 Å². The van der Waals surface area contributed by atoms with Gasteiger partial charge in [0.2, 0.25) is 0 Å². The van der Waals surface area contributed by atoms with Gasteiger partial charge in [-0.1, -0.05) is 97.8 Å². The molecule has 0 heterocycles. The van der Waals surface area contributed by atoms with E-state index >= 15 is 0 Å². The first-order valence-corrected chi connectivity index (χ1v) is 9.31. The second kappa shape index (κ2) is 15.4. The van der Waals surface area contributed by atoms with Crippen LogP contribution in [0.15, 0.2) is 0 Å². The van der Waals surface area contributed by atoms with E-state index in [1.54, 1.807) is 0 Å². The van der Waals surface area contributed by atoms with Crippen molar-refractivity contribution < 1.29 is 5.11 Å². The smallest absolute Gasteiger partial charge is 0.0431 e. The van der Waals surface area contributed by atoms with Gasteiger partial charge in [-0.05, 0) is 18.3 Å². The molecule has 20 heavy (non-hydrogen) atoms. The fourth-order valence-electron chi connectivity index (χ4n) is 2.97. The summed E-state index contributed by atoms with van der Waals surface area (Å²) in [5, 5.41) is 8.71. The predicted molar refractivity (Wildman–Crippen MR) is 91.1 cm³/mol. The molecule has 0 radical (unpaired) electrons. The lowest BCUT2D eigenvalue weighted by Crippen LogP contribution is -1.99. The molecule has 1 N–H and O–H groups in total. The molecule has 0 bridgehead atoms. The van der Waals surface area contributed by atoms with Crippen molar-refractivity contribution in [2.24, 2.45) is 11.8 Å². The quantitative estimate of drug-likeness (QED) is 0.348. The first-order valence-electron chi connectivity index (χ1n) is 9.31. The molecule has 0 saturated carbocycles. The van der Waals surface area contributed by atoms with Crippen LogP contribution in [0.1, 0.15) is 104 Å². The van der Waals surface area contributed by atoms with Crippen LogP contribution in [-0.2, 0) is 0 Å². The third-order valence-electron chi connectivity index (χ3n) is 4.55. The zero-order valence-corrected chi connectivity index (χ0v) is 14.5. The summed E-state index contributed by atoms with van der Waals surface area (Å²) in [4.78, 5) is 0. The second-order valence-electron chi connectivity index (χ2n) is 6.92. The van der Waals surface area contributed by atoms with Crippen molar-refractivity contribution in [2.75, 3.05) is 6.61 Å². The van der Waals surface area contributed by atoms with Gasteiger partial charge >= 0.3 is 0 Å². The molecule has 0 aliphatic rings. The highest BCUT2D eigenvalue weighted by atomic mass is 16.2. The van der Waals surface area contributed by atoms with Crippen molar-refractivity contribution in [2.45, 2.75) is 104 Å². The van der Waals surface area contributed by atoms with Crippen LogP contribution >= 0.6 is 0 Å². The normalized spacial score (nSPS) is 14.4.